The predicted octanol–water partition coefficient (Wildman–Crippen LogP) is 5.23. The zero-order valence-corrected chi connectivity index (χ0v) is 20.0. The number of allylic oxidation sites excluding steroid dienone is 3. The third-order valence-corrected chi connectivity index (χ3v) is 6.96. The van der Waals surface area contributed by atoms with Crippen molar-refractivity contribution < 1.29 is 24.2 Å². The van der Waals surface area contributed by atoms with Crippen molar-refractivity contribution >= 4 is 67.5 Å². The van der Waals surface area contributed by atoms with Crippen molar-refractivity contribution in [2.45, 2.75) is 38.6 Å². The van der Waals surface area contributed by atoms with Gasteiger partial charge in [-0.3, -0.25) is 19.3 Å². The lowest BCUT2D eigenvalue weighted by Gasteiger charge is -2.27. The van der Waals surface area contributed by atoms with Crippen LogP contribution in [0.4, 0.5) is 5.13 Å². The minimum absolute atomic E-state index is 0.0424. The SMILES string of the molecule is CCOC(=O)CCC(=O)C1=C(O)C(=O)N(c2nc3ccc(Cl)cc3s2)C1C1=CC=C(Cl)CC1. The summed E-state index contributed by atoms with van der Waals surface area (Å²) in [5.74, 6) is -2.36. The Bertz CT molecular complexity index is 1250. The molecule has 2 aromatic rings. The highest BCUT2D eigenvalue weighted by Gasteiger charge is 2.46. The van der Waals surface area contributed by atoms with Crippen LogP contribution in [-0.4, -0.2) is 40.4 Å². The summed E-state index contributed by atoms with van der Waals surface area (Å²) < 4.78 is 5.66. The number of aromatic nitrogens is 1. The number of carbonyl (C=O) groups excluding carboxylic acids is 3. The number of halogens is 2. The molecule has 33 heavy (non-hydrogen) atoms. The zero-order chi connectivity index (χ0) is 23.7. The third-order valence-electron chi connectivity index (χ3n) is 5.40. The average Bonchev–Trinajstić information content (AvgIpc) is 3.31. The molecule has 0 saturated carbocycles. The Morgan fingerprint density at radius 1 is 1.24 bits per heavy atom. The molecular formula is C23H20Cl2N2O5S. The Hall–Kier alpha value is -2.68. The number of carbonyl (C=O) groups is 3. The van der Waals surface area contributed by atoms with Crippen LogP contribution >= 0.6 is 34.5 Å². The Kier molecular flexibility index (Phi) is 6.88. The van der Waals surface area contributed by atoms with Crippen molar-refractivity contribution in [1.82, 2.24) is 4.98 Å². The van der Waals surface area contributed by atoms with Gasteiger partial charge in [-0.05, 0) is 49.6 Å². The van der Waals surface area contributed by atoms with Gasteiger partial charge in [-0.15, -0.1) is 0 Å². The predicted molar refractivity (Wildman–Crippen MR) is 128 cm³/mol. The Morgan fingerprint density at radius 2 is 2.03 bits per heavy atom. The van der Waals surface area contributed by atoms with E-state index in [2.05, 4.69) is 4.98 Å². The van der Waals surface area contributed by atoms with Gasteiger partial charge in [-0.2, -0.15) is 0 Å². The van der Waals surface area contributed by atoms with Crippen molar-refractivity contribution in [3.63, 3.8) is 0 Å². The highest BCUT2D eigenvalue weighted by molar-refractivity contribution is 7.22. The number of hydrogen-bond acceptors (Lipinski definition) is 7. The number of fused-ring (bicyclic) bond motifs is 1. The lowest BCUT2D eigenvalue weighted by molar-refractivity contribution is -0.144. The van der Waals surface area contributed by atoms with Crippen LogP contribution in [0.5, 0.6) is 0 Å². The second-order valence-electron chi connectivity index (χ2n) is 7.53. The summed E-state index contributed by atoms with van der Waals surface area (Å²) in [5.41, 5.74) is 1.35. The fraction of sp³-hybridized carbons (Fsp3) is 0.304. The molecule has 1 unspecified atom stereocenters. The highest BCUT2D eigenvalue weighted by Crippen LogP contribution is 2.41. The van der Waals surface area contributed by atoms with Crippen LogP contribution in [0.3, 0.4) is 0 Å². The van der Waals surface area contributed by atoms with Crippen LogP contribution in [0.15, 0.2) is 52.3 Å². The van der Waals surface area contributed by atoms with Gasteiger partial charge in [0.2, 0.25) is 0 Å². The molecule has 0 fully saturated rings. The van der Waals surface area contributed by atoms with Crippen molar-refractivity contribution in [2.75, 3.05) is 11.5 Å². The normalized spacial score (nSPS) is 18.6. The number of ether oxygens (including phenoxy) is 1. The molecule has 2 aliphatic rings. The molecule has 1 aromatic heterocycles. The number of amides is 1. The van der Waals surface area contributed by atoms with E-state index in [1.807, 2.05) is 0 Å². The molecular weight excluding hydrogens is 487 g/mol. The van der Waals surface area contributed by atoms with Gasteiger partial charge in [0.15, 0.2) is 16.7 Å². The second-order valence-corrected chi connectivity index (χ2v) is 9.46. The lowest BCUT2D eigenvalue weighted by atomic mass is 9.89. The van der Waals surface area contributed by atoms with E-state index in [0.717, 1.165) is 10.3 Å². The summed E-state index contributed by atoms with van der Waals surface area (Å²) in [5, 5.41) is 12.3. The van der Waals surface area contributed by atoms with Gasteiger partial charge in [-0.1, -0.05) is 40.6 Å². The molecule has 10 heteroatoms. The lowest BCUT2D eigenvalue weighted by Crippen LogP contribution is -2.38. The smallest absolute Gasteiger partial charge is 0.306 e. The van der Waals surface area contributed by atoms with Gasteiger partial charge >= 0.3 is 5.97 Å². The molecule has 0 bridgehead atoms. The van der Waals surface area contributed by atoms with Crippen LogP contribution in [0.2, 0.25) is 5.02 Å². The van der Waals surface area contributed by atoms with E-state index in [1.54, 1.807) is 37.3 Å². The summed E-state index contributed by atoms with van der Waals surface area (Å²) >= 11 is 13.4. The summed E-state index contributed by atoms with van der Waals surface area (Å²) in [7, 11) is 0. The number of rotatable bonds is 7. The number of thiazole rings is 1. The zero-order valence-electron chi connectivity index (χ0n) is 17.6. The van der Waals surface area contributed by atoms with Crippen LogP contribution < -0.4 is 4.90 Å². The van der Waals surface area contributed by atoms with Crippen molar-refractivity contribution in [2.24, 2.45) is 0 Å². The number of aliphatic hydroxyl groups is 1. The Balaban J connectivity index is 1.74. The van der Waals surface area contributed by atoms with Gasteiger partial charge in [0, 0.05) is 16.5 Å². The minimum atomic E-state index is -0.843. The number of Topliss-reactive ketones (excluding diaryl/α,β-unsaturated/α-hetero) is 1. The first-order valence-corrected chi connectivity index (χ1v) is 11.9. The maximum absolute atomic E-state index is 13.2. The summed E-state index contributed by atoms with van der Waals surface area (Å²) in [6, 6.07) is 4.35. The highest BCUT2D eigenvalue weighted by atomic mass is 35.5. The fourth-order valence-corrected chi connectivity index (χ4v) is 5.29. The summed E-state index contributed by atoms with van der Waals surface area (Å²) in [4.78, 5) is 43.9. The Labute approximate surface area is 203 Å². The molecule has 1 aromatic carbocycles. The molecule has 1 amide bonds. The van der Waals surface area contributed by atoms with Crippen LogP contribution in [0, 0.1) is 0 Å². The molecule has 1 aliphatic carbocycles. The molecule has 4 rings (SSSR count). The average molecular weight is 507 g/mol. The van der Waals surface area contributed by atoms with Gasteiger partial charge in [0.1, 0.15) is 0 Å². The molecule has 2 heterocycles. The first kappa shape index (κ1) is 23.5. The molecule has 0 saturated heterocycles. The number of hydrogen-bond donors (Lipinski definition) is 1. The van der Waals surface area contributed by atoms with Crippen LogP contribution in [0.25, 0.3) is 10.2 Å². The van der Waals surface area contributed by atoms with Gasteiger partial charge < -0.3 is 9.84 Å². The molecule has 0 spiro atoms. The number of anilines is 1. The molecule has 1 aliphatic heterocycles. The van der Waals surface area contributed by atoms with Crippen molar-refractivity contribution in [3.05, 3.63) is 57.3 Å². The monoisotopic (exact) mass is 506 g/mol. The molecule has 0 radical (unpaired) electrons. The summed E-state index contributed by atoms with van der Waals surface area (Å²) in [6.45, 7) is 1.88. The number of benzene rings is 1. The number of ketones is 1. The fourth-order valence-electron chi connectivity index (χ4n) is 3.87. The van der Waals surface area contributed by atoms with E-state index < -0.39 is 29.5 Å². The van der Waals surface area contributed by atoms with Gasteiger partial charge in [-0.25, -0.2) is 4.98 Å². The van der Waals surface area contributed by atoms with E-state index in [0.29, 0.717) is 33.5 Å². The minimum Gasteiger partial charge on any atom is -0.503 e. The van der Waals surface area contributed by atoms with Gasteiger partial charge in [0.25, 0.3) is 5.91 Å². The van der Waals surface area contributed by atoms with Crippen molar-refractivity contribution in [3.8, 4) is 0 Å². The van der Waals surface area contributed by atoms with Crippen molar-refractivity contribution in [1.29, 1.82) is 0 Å². The quantitative estimate of drug-likeness (QED) is 0.516. The molecule has 1 N–H and O–H groups in total. The number of esters is 1. The van der Waals surface area contributed by atoms with E-state index in [9.17, 15) is 19.5 Å². The molecule has 172 valence electrons. The standard InChI is InChI=1S/C23H20Cl2N2O5S/c1-2-32-18(29)10-9-16(28)19-20(12-3-5-13(24)6-4-12)27(22(31)21(19)30)23-26-15-8-7-14(25)11-17(15)33-23/h3,5,7-8,11,20,30H,2,4,6,9-10H2,1H3. The second kappa shape index (κ2) is 9.67. The van der Waals surface area contributed by atoms with E-state index >= 15 is 0 Å². The number of aliphatic hydroxyl groups excluding tert-OH is 1. The maximum Gasteiger partial charge on any atom is 0.306 e. The number of nitrogens with zero attached hydrogens (tertiary/aromatic N) is 2. The van der Waals surface area contributed by atoms with E-state index in [1.165, 1.54) is 16.2 Å². The van der Waals surface area contributed by atoms with Crippen LogP contribution in [0.1, 0.15) is 32.6 Å². The largest absolute Gasteiger partial charge is 0.503 e. The molecule has 1 atom stereocenters. The first-order chi connectivity index (χ1) is 15.8. The Morgan fingerprint density at radius 3 is 2.73 bits per heavy atom. The summed E-state index contributed by atoms with van der Waals surface area (Å²) in [6.07, 6.45) is 4.20. The topological polar surface area (TPSA) is 96.8 Å². The third kappa shape index (κ3) is 4.69. The van der Waals surface area contributed by atoms with Gasteiger partial charge in [0.05, 0.1) is 34.9 Å². The van der Waals surface area contributed by atoms with Crippen LogP contribution in [-0.2, 0) is 19.1 Å². The first-order valence-electron chi connectivity index (χ1n) is 10.4. The molecule has 7 nitrogen and oxygen atoms in total. The van der Waals surface area contributed by atoms with E-state index in [-0.39, 0.29) is 25.0 Å². The van der Waals surface area contributed by atoms with E-state index in [4.69, 9.17) is 27.9 Å². The maximum atomic E-state index is 13.2.